The minimum Gasteiger partial charge on any atom is -0.348 e. The van der Waals surface area contributed by atoms with Crippen LogP contribution < -0.4 is 5.32 Å². The number of alkyl halides is 1. The summed E-state index contributed by atoms with van der Waals surface area (Å²) in [5.41, 5.74) is 0.448. The van der Waals surface area contributed by atoms with Gasteiger partial charge in [0, 0.05) is 28.6 Å². The Kier molecular flexibility index (Phi) is 4.52. The number of nitro groups is 1. The smallest absolute Gasteiger partial charge is 0.269 e. The number of rotatable bonds is 3. The summed E-state index contributed by atoms with van der Waals surface area (Å²) in [6.45, 7) is 0. The summed E-state index contributed by atoms with van der Waals surface area (Å²) in [6.07, 6.45) is 4.33. The van der Waals surface area contributed by atoms with Crippen LogP contribution in [0.4, 0.5) is 5.69 Å². The Morgan fingerprint density at radius 2 is 1.89 bits per heavy atom. The molecule has 1 aliphatic carbocycles. The summed E-state index contributed by atoms with van der Waals surface area (Å²) < 4.78 is 0. The predicted octanol–water partition coefficient (Wildman–Crippen LogP) is 3.03. The highest BCUT2D eigenvalue weighted by Crippen LogP contribution is 2.24. The average molecular weight is 327 g/mol. The van der Waals surface area contributed by atoms with Crippen molar-refractivity contribution in [2.75, 3.05) is 0 Å². The van der Waals surface area contributed by atoms with Gasteiger partial charge in [-0.05, 0) is 25.0 Å². The van der Waals surface area contributed by atoms with E-state index in [9.17, 15) is 14.9 Å². The summed E-state index contributed by atoms with van der Waals surface area (Å²) in [6, 6.07) is 5.80. The second-order valence-corrected chi connectivity index (χ2v) is 5.86. The van der Waals surface area contributed by atoms with Crippen LogP contribution in [-0.2, 0) is 0 Å². The van der Waals surface area contributed by atoms with E-state index in [-0.39, 0.29) is 17.6 Å². The number of nitrogens with one attached hydrogen (secondary N) is 1. The van der Waals surface area contributed by atoms with Crippen LogP contribution in [0.25, 0.3) is 0 Å². The first-order valence-electron chi connectivity index (χ1n) is 6.27. The molecule has 1 aliphatic rings. The van der Waals surface area contributed by atoms with Crippen molar-refractivity contribution in [3.8, 4) is 0 Å². The van der Waals surface area contributed by atoms with E-state index in [0.717, 1.165) is 19.3 Å². The van der Waals surface area contributed by atoms with Crippen molar-refractivity contribution in [1.29, 1.82) is 0 Å². The largest absolute Gasteiger partial charge is 0.348 e. The number of hydrogen-bond donors (Lipinski definition) is 1. The summed E-state index contributed by atoms with van der Waals surface area (Å²) in [4.78, 5) is 22.4. The number of hydrogen-bond acceptors (Lipinski definition) is 3. The number of non-ortho nitro benzene ring substituents is 1. The first kappa shape index (κ1) is 14.0. The van der Waals surface area contributed by atoms with Crippen LogP contribution in [0.2, 0.25) is 0 Å². The monoisotopic (exact) mass is 326 g/mol. The van der Waals surface area contributed by atoms with Crippen molar-refractivity contribution in [3.63, 3.8) is 0 Å². The molecule has 6 heteroatoms. The van der Waals surface area contributed by atoms with Crippen LogP contribution in [0.5, 0.6) is 0 Å². The summed E-state index contributed by atoms with van der Waals surface area (Å²) in [7, 11) is 0. The molecule has 0 spiro atoms. The standard InChI is InChI=1S/C13H15BrN2O3/c14-11-3-1-2-4-12(11)15-13(17)9-5-7-10(8-6-9)16(18)19/h5-8,11-12H,1-4H2,(H,15,17)/t11-,12-/m1/s1. The minimum absolute atomic E-state index is 0.00687. The third-order valence-electron chi connectivity index (χ3n) is 3.34. The van der Waals surface area contributed by atoms with Gasteiger partial charge in [0.05, 0.1) is 4.92 Å². The quantitative estimate of drug-likeness (QED) is 0.527. The fraction of sp³-hybridized carbons (Fsp3) is 0.462. The maximum absolute atomic E-state index is 12.0. The molecule has 0 saturated heterocycles. The zero-order valence-electron chi connectivity index (χ0n) is 10.3. The molecular formula is C13H15BrN2O3. The second-order valence-electron chi connectivity index (χ2n) is 4.68. The van der Waals surface area contributed by atoms with Crippen LogP contribution in [0.1, 0.15) is 36.0 Å². The molecule has 0 aliphatic heterocycles. The lowest BCUT2D eigenvalue weighted by molar-refractivity contribution is -0.384. The molecule has 2 atom stereocenters. The second kappa shape index (κ2) is 6.14. The van der Waals surface area contributed by atoms with Gasteiger partial charge in [-0.2, -0.15) is 0 Å². The number of halogens is 1. The highest BCUT2D eigenvalue weighted by Gasteiger charge is 2.24. The van der Waals surface area contributed by atoms with Crippen LogP contribution in [0.3, 0.4) is 0 Å². The molecule has 2 rings (SSSR count). The van der Waals surface area contributed by atoms with Crippen molar-refractivity contribution in [3.05, 3.63) is 39.9 Å². The topological polar surface area (TPSA) is 72.2 Å². The van der Waals surface area contributed by atoms with Crippen molar-refractivity contribution >= 4 is 27.5 Å². The minimum atomic E-state index is -0.475. The molecule has 1 saturated carbocycles. The van der Waals surface area contributed by atoms with E-state index in [4.69, 9.17) is 0 Å². The van der Waals surface area contributed by atoms with Gasteiger partial charge in [-0.1, -0.05) is 28.8 Å². The van der Waals surface area contributed by atoms with Gasteiger partial charge in [-0.25, -0.2) is 0 Å². The first-order valence-corrected chi connectivity index (χ1v) is 7.19. The number of benzene rings is 1. The van der Waals surface area contributed by atoms with Gasteiger partial charge in [-0.15, -0.1) is 0 Å². The van der Waals surface area contributed by atoms with Crippen LogP contribution in [-0.4, -0.2) is 21.7 Å². The molecule has 19 heavy (non-hydrogen) atoms. The Balaban J connectivity index is 2.01. The average Bonchev–Trinajstić information content (AvgIpc) is 2.41. The first-order chi connectivity index (χ1) is 9.08. The SMILES string of the molecule is O=C(N[C@@H]1CCCC[C@H]1Br)c1ccc([N+](=O)[O-])cc1. The summed E-state index contributed by atoms with van der Waals surface area (Å²) in [5.74, 6) is -0.175. The Bertz CT molecular complexity index is 475. The normalized spacial score (nSPS) is 22.8. The van der Waals surface area contributed by atoms with Crippen LogP contribution in [0.15, 0.2) is 24.3 Å². The Morgan fingerprint density at radius 3 is 2.47 bits per heavy atom. The predicted molar refractivity (Wildman–Crippen MR) is 75.5 cm³/mol. The van der Waals surface area contributed by atoms with Gasteiger partial charge in [0.2, 0.25) is 0 Å². The van der Waals surface area contributed by atoms with E-state index in [0.29, 0.717) is 10.4 Å². The molecule has 0 radical (unpaired) electrons. The summed E-state index contributed by atoms with van der Waals surface area (Å²) in [5, 5.41) is 13.5. The molecule has 0 unspecified atom stereocenters. The maximum atomic E-state index is 12.0. The fourth-order valence-electron chi connectivity index (χ4n) is 2.23. The van der Waals surface area contributed by atoms with Gasteiger partial charge in [-0.3, -0.25) is 14.9 Å². The lowest BCUT2D eigenvalue weighted by Crippen LogP contribution is -2.42. The van der Waals surface area contributed by atoms with Crippen molar-refractivity contribution in [2.24, 2.45) is 0 Å². The Labute approximate surface area is 119 Å². The third-order valence-corrected chi connectivity index (χ3v) is 4.43. The van der Waals surface area contributed by atoms with Crippen molar-refractivity contribution in [1.82, 2.24) is 5.32 Å². The molecule has 1 aromatic carbocycles. The Morgan fingerprint density at radius 1 is 1.26 bits per heavy atom. The fourth-order valence-corrected chi connectivity index (χ4v) is 2.95. The van der Waals surface area contributed by atoms with E-state index in [1.54, 1.807) is 0 Å². The Hall–Kier alpha value is -1.43. The number of nitro benzene ring substituents is 1. The molecule has 0 bridgehead atoms. The highest BCUT2D eigenvalue weighted by molar-refractivity contribution is 9.09. The van der Waals surface area contributed by atoms with Gasteiger partial charge in [0.15, 0.2) is 0 Å². The van der Waals surface area contributed by atoms with Gasteiger partial charge < -0.3 is 5.32 Å². The lowest BCUT2D eigenvalue weighted by atomic mass is 9.95. The van der Waals surface area contributed by atoms with Crippen molar-refractivity contribution in [2.45, 2.75) is 36.6 Å². The lowest BCUT2D eigenvalue weighted by Gasteiger charge is -2.28. The molecule has 1 aromatic rings. The van der Waals surface area contributed by atoms with Gasteiger partial charge in [0.1, 0.15) is 0 Å². The van der Waals surface area contributed by atoms with E-state index >= 15 is 0 Å². The molecular weight excluding hydrogens is 312 g/mol. The van der Waals surface area contributed by atoms with Gasteiger partial charge in [0.25, 0.3) is 11.6 Å². The van der Waals surface area contributed by atoms with Crippen LogP contribution >= 0.6 is 15.9 Å². The molecule has 102 valence electrons. The third kappa shape index (κ3) is 3.53. The number of carbonyl (C=O) groups excluding carboxylic acids is 1. The van der Waals surface area contributed by atoms with Crippen molar-refractivity contribution < 1.29 is 9.72 Å². The van der Waals surface area contributed by atoms with E-state index in [1.165, 1.54) is 30.7 Å². The van der Waals surface area contributed by atoms with Crippen LogP contribution in [0, 0.1) is 10.1 Å². The zero-order chi connectivity index (χ0) is 13.8. The molecule has 0 heterocycles. The van der Waals surface area contributed by atoms with E-state index in [2.05, 4.69) is 21.2 Å². The van der Waals surface area contributed by atoms with Gasteiger partial charge >= 0.3 is 0 Å². The molecule has 1 fully saturated rings. The molecule has 1 amide bonds. The molecule has 5 nitrogen and oxygen atoms in total. The number of amides is 1. The number of carbonyl (C=O) groups is 1. The summed E-state index contributed by atoms with van der Waals surface area (Å²) >= 11 is 3.58. The number of nitrogens with zero attached hydrogens (tertiary/aromatic N) is 1. The van der Waals surface area contributed by atoms with E-state index in [1.807, 2.05) is 0 Å². The molecule has 1 N–H and O–H groups in total. The highest BCUT2D eigenvalue weighted by atomic mass is 79.9. The maximum Gasteiger partial charge on any atom is 0.269 e. The molecule has 0 aromatic heterocycles. The zero-order valence-corrected chi connectivity index (χ0v) is 11.9. The van der Waals surface area contributed by atoms with E-state index < -0.39 is 4.92 Å².